The van der Waals surface area contributed by atoms with E-state index in [0.29, 0.717) is 0 Å². The van der Waals surface area contributed by atoms with Gasteiger partial charge in [-0.15, -0.1) is 0 Å². The smallest absolute Gasteiger partial charge is 0.153 e. The van der Waals surface area contributed by atoms with E-state index < -0.39 is 0 Å². The molecule has 1 aromatic carbocycles. The molecule has 0 amide bonds. The molecule has 0 fully saturated rings. The molecule has 0 atom stereocenters. The van der Waals surface area contributed by atoms with E-state index in [0.717, 1.165) is 40.2 Å². The summed E-state index contributed by atoms with van der Waals surface area (Å²) in [6, 6.07) is 8.03. The maximum absolute atomic E-state index is 4.32. The van der Waals surface area contributed by atoms with Gasteiger partial charge < -0.3 is 5.32 Å². The predicted octanol–water partition coefficient (Wildman–Crippen LogP) is 2.97. The van der Waals surface area contributed by atoms with Crippen molar-refractivity contribution >= 4 is 22.5 Å². The fourth-order valence-electron chi connectivity index (χ4n) is 2.10. The highest BCUT2D eigenvalue weighted by atomic mass is 15.2. The molecule has 96 valence electrons. The number of nitrogens with zero attached hydrogens (tertiary/aromatic N) is 3. The van der Waals surface area contributed by atoms with Crippen LogP contribution in [0.1, 0.15) is 18.2 Å². The highest BCUT2D eigenvalue weighted by molar-refractivity contribution is 5.92. The summed E-state index contributed by atoms with van der Waals surface area (Å²) >= 11 is 0. The molecule has 0 aliphatic heterocycles. The second kappa shape index (κ2) is 4.68. The molecule has 0 aliphatic carbocycles. The van der Waals surface area contributed by atoms with Crippen molar-refractivity contribution in [2.24, 2.45) is 0 Å². The summed E-state index contributed by atoms with van der Waals surface area (Å²) in [7, 11) is 0. The number of anilines is 2. The summed E-state index contributed by atoms with van der Waals surface area (Å²) in [5.74, 6) is 1.57. The lowest BCUT2D eigenvalue weighted by Gasteiger charge is -2.07. The van der Waals surface area contributed by atoms with Gasteiger partial charge >= 0.3 is 0 Å². The van der Waals surface area contributed by atoms with Gasteiger partial charge in [0.25, 0.3) is 0 Å². The number of hydrogen-bond donors (Lipinski definition) is 2. The largest absolute Gasteiger partial charge is 0.323 e. The maximum atomic E-state index is 4.32. The number of hydrogen-bond acceptors (Lipinski definition) is 4. The average Bonchev–Trinajstić information content (AvgIpc) is 2.87. The average molecular weight is 253 g/mol. The van der Waals surface area contributed by atoms with Gasteiger partial charge in [0, 0.05) is 17.1 Å². The van der Waals surface area contributed by atoms with Crippen LogP contribution < -0.4 is 5.32 Å². The second-order valence-corrected chi connectivity index (χ2v) is 4.45. The Morgan fingerprint density at radius 2 is 2.16 bits per heavy atom. The number of fused-ring (bicyclic) bond motifs is 1. The first-order valence-electron chi connectivity index (χ1n) is 6.29. The van der Waals surface area contributed by atoms with Crippen LogP contribution in [0.2, 0.25) is 0 Å². The van der Waals surface area contributed by atoms with Gasteiger partial charge in [0.1, 0.15) is 12.1 Å². The van der Waals surface area contributed by atoms with Crippen molar-refractivity contribution in [3.05, 3.63) is 41.9 Å². The molecule has 5 heteroatoms. The number of H-pyrrole nitrogens is 1. The lowest BCUT2D eigenvalue weighted by molar-refractivity contribution is 0.976. The quantitative estimate of drug-likeness (QED) is 0.753. The van der Waals surface area contributed by atoms with Crippen molar-refractivity contribution < 1.29 is 0 Å². The van der Waals surface area contributed by atoms with Crippen molar-refractivity contribution in [3.63, 3.8) is 0 Å². The standard InChI is InChI=1S/C14H15N5/c1-3-10-7-12(19-18-10)17-14-13-9(2)5-4-6-11(13)15-8-16-14/h4-8H,3H2,1-2H3,(H2,15,16,17,18,19). The molecule has 19 heavy (non-hydrogen) atoms. The monoisotopic (exact) mass is 253 g/mol. The van der Waals surface area contributed by atoms with Crippen molar-refractivity contribution in [2.75, 3.05) is 5.32 Å². The summed E-state index contributed by atoms with van der Waals surface area (Å²) in [5.41, 5.74) is 3.17. The fourth-order valence-corrected chi connectivity index (χ4v) is 2.10. The van der Waals surface area contributed by atoms with Crippen LogP contribution in [-0.2, 0) is 6.42 Å². The Morgan fingerprint density at radius 1 is 1.26 bits per heavy atom. The molecule has 0 saturated carbocycles. The summed E-state index contributed by atoms with van der Waals surface area (Å²) in [4.78, 5) is 8.61. The third kappa shape index (κ3) is 2.14. The van der Waals surface area contributed by atoms with E-state index in [1.807, 2.05) is 18.2 Å². The Morgan fingerprint density at radius 3 is 2.95 bits per heavy atom. The molecule has 0 aliphatic rings. The topological polar surface area (TPSA) is 66.5 Å². The van der Waals surface area contributed by atoms with Crippen molar-refractivity contribution in [1.82, 2.24) is 20.2 Å². The first kappa shape index (κ1) is 11.6. The molecule has 2 aromatic heterocycles. The molecule has 0 bridgehead atoms. The highest BCUT2D eigenvalue weighted by Gasteiger charge is 2.08. The van der Waals surface area contributed by atoms with Gasteiger partial charge in [-0.3, -0.25) is 5.10 Å². The summed E-state index contributed by atoms with van der Waals surface area (Å²) in [6.07, 6.45) is 2.50. The fraction of sp³-hybridized carbons (Fsp3) is 0.214. The van der Waals surface area contributed by atoms with Gasteiger partial charge in [0.05, 0.1) is 5.52 Å². The molecule has 2 heterocycles. The van der Waals surface area contributed by atoms with E-state index in [4.69, 9.17) is 0 Å². The zero-order valence-electron chi connectivity index (χ0n) is 10.9. The van der Waals surface area contributed by atoms with Crippen molar-refractivity contribution in [1.29, 1.82) is 0 Å². The highest BCUT2D eigenvalue weighted by Crippen LogP contribution is 2.25. The van der Waals surface area contributed by atoms with E-state index >= 15 is 0 Å². The first-order valence-corrected chi connectivity index (χ1v) is 6.29. The number of aromatic amines is 1. The number of benzene rings is 1. The molecule has 5 nitrogen and oxygen atoms in total. The van der Waals surface area contributed by atoms with Crippen LogP contribution in [0.4, 0.5) is 11.6 Å². The number of aromatic nitrogens is 4. The van der Waals surface area contributed by atoms with Crippen LogP contribution in [0.3, 0.4) is 0 Å². The molecule has 3 rings (SSSR count). The normalized spacial score (nSPS) is 10.8. The Labute approximate surface area is 111 Å². The lowest BCUT2D eigenvalue weighted by Crippen LogP contribution is -1.97. The van der Waals surface area contributed by atoms with Crippen molar-refractivity contribution in [2.45, 2.75) is 20.3 Å². The molecule has 3 aromatic rings. The number of rotatable bonds is 3. The SMILES string of the molecule is CCc1cc(Nc2ncnc3cccc(C)c23)n[nH]1. The van der Waals surface area contributed by atoms with Crippen LogP contribution in [0.5, 0.6) is 0 Å². The summed E-state index contributed by atoms with van der Waals surface area (Å²) in [6.45, 7) is 4.14. The van der Waals surface area contributed by atoms with Crippen LogP contribution >= 0.6 is 0 Å². The Kier molecular flexibility index (Phi) is 2.87. The molecule has 2 N–H and O–H groups in total. The minimum absolute atomic E-state index is 0.778. The van der Waals surface area contributed by atoms with Crippen LogP contribution in [0, 0.1) is 6.92 Å². The van der Waals surface area contributed by atoms with Gasteiger partial charge in [-0.1, -0.05) is 19.1 Å². The van der Waals surface area contributed by atoms with E-state index in [-0.39, 0.29) is 0 Å². The van der Waals surface area contributed by atoms with Crippen LogP contribution in [0.25, 0.3) is 10.9 Å². The lowest BCUT2D eigenvalue weighted by atomic mass is 10.1. The predicted molar refractivity (Wildman–Crippen MR) is 75.5 cm³/mol. The van der Waals surface area contributed by atoms with Crippen LogP contribution in [0.15, 0.2) is 30.6 Å². The van der Waals surface area contributed by atoms with E-state index in [2.05, 4.69) is 45.4 Å². The van der Waals surface area contributed by atoms with Gasteiger partial charge in [-0.2, -0.15) is 5.10 Å². The molecular formula is C14H15N5. The van der Waals surface area contributed by atoms with E-state index in [9.17, 15) is 0 Å². The maximum Gasteiger partial charge on any atom is 0.153 e. The van der Waals surface area contributed by atoms with Gasteiger partial charge in [-0.05, 0) is 25.0 Å². The zero-order valence-corrected chi connectivity index (χ0v) is 10.9. The summed E-state index contributed by atoms with van der Waals surface area (Å²) < 4.78 is 0. The zero-order chi connectivity index (χ0) is 13.2. The minimum atomic E-state index is 0.778. The summed E-state index contributed by atoms with van der Waals surface area (Å²) in [5, 5.41) is 11.5. The minimum Gasteiger partial charge on any atom is -0.323 e. The van der Waals surface area contributed by atoms with Crippen LogP contribution in [-0.4, -0.2) is 20.2 Å². The number of aryl methyl sites for hydroxylation is 2. The van der Waals surface area contributed by atoms with E-state index in [1.165, 1.54) is 0 Å². The van der Waals surface area contributed by atoms with Gasteiger partial charge in [0.2, 0.25) is 0 Å². The number of nitrogens with one attached hydrogen (secondary N) is 2. The molecule has 0 saturated heterocycles. The second-order valence-electron chi connectivity index (χ2n) is 4.45. The molecule has 0 radical (unpaired) electrons. The van der Waals surface area contributed by atoms with Gasteiger partial charge in [-0.25, -0.2) is 9.97 Å². The third-order valence-corrected chi connectivity index (χ3v) is 3.13. The molecule has 0 unspecified atom stereocenters. The Balaban J connectivity index is 2.05. The van der Waals surface area contributed by atoms with Crippen molar-refractivity contribution in [3.8, 4) is 0 Å². The van der Waals surface area contributed by atoms with E-state index in [1.54, 1.807) is 6.33 Å². The molecule has 0 spiro atoms. The Bertz CT molecular complexity index is 711. The third-order valence-electron chi connectivity index (χ3n) is 3.13. The Hall–Kier alpha value is -2.43. The first-order chi connectivity index (χ1) is 9.28. The van der Waals surface area contributed by atoms with Gasteiger partial charge in [0.15, 0.2) is 5.82 Å². The molecular weight excluding hydrogens is 238 g/mol.